The van der Waals surface area contributed by atoms with Crippen LogP contribution in [-0.2, 0) is 11.3 Å². The van der Waals surface area contributed by atoms with Crippen LogP contribution in [0.1, 0.15) is 25.1 Å². The molecule has 0 amide bonds. The van der Waals surface area contributed by atoms with E-state index in [2.05, 4.69) is 26.7 Å². The molecule has 1 unspecified atom stereocenters. The molecule has 1 fully saturated rings. The number of imidazole rings is 1. The number of ether oxygens (including phenoxy) is 1. The van der Waals surface area contributed by atoms with Gasteiger partial charge in [-0.25, -0.2) is 4.98 Å². The first-order valence-electron chi connectivity index (χ1n) is 5.64. The predicted octanol–water partition coefficient (Wildman–Crippen LogP) is 0.957. The highest BCUT2D eigenvalue weighted by molar-refractivity contribution is 5.05. The fourth-order valence-corrected chi connectivity index (χ4v) is 1.84. The first-order valence-corrected chi connectivity index (χ1v) is 5.64. The minimum Gasteiger partial charge on any atom is -0.369 e. The fraction of sp³-hybridized carbons (Fsp3) is 0.583. The lowest BCUT2D eigenvalue weighted by molar-refractivity contribution is 0.0228. The maximum absolute atomic E-state index is 5.71. The summed E-state index contributed by atoms with van der Waals surface area (Å²) in [5.74, 6) is 5.96. The molecule has 1 aromatic heterocycles. The second-order valence-corrected chi connectivity index (χ2v) is 3.75. The second kappa shape index (κ2) is 5.69. The van der Waals surface area contributed by atoms with Crippen LogP contribution in [0.3, 0.4) is 0 Å². The molecule has 1 aliphatic heterocycles. The van der Waals surface area contributed by atoms with E-state index in [1.54, 1.807) is 0 Å². The summed E-state index contributed by atoms with van der Waals surface area (Å²) in [7, 11) is 0. The van der Waals surface area contributed by atoms with E-state index in [0.717, 1.165) is 38.4 Å². The minimum absolute atomic E-state index is 0.130. The molecule has 1 N–H and O–H groups in total. The number of aromatic nitrogens is 2. The average Bonchev–Trinajstić information content (AvgIpc) is 2.79. The van der Waals surface area contributed by atoms with E-state index in [1.165, 1.54) is 0 Å². The molecular formula is C12H17N3O. The summed E-state index contributed by atoms with van der Waals surface area (Å²) in [4.78, 5) is 4.18. The quantitative estimate of drug-likeness (QED) is 0.770. The molecule has 0 saturated carbocycles. The topological polar surface area (TPSA) is 39.1 Å². The van der Waals surface area contributed by atoms with E-state index >= 15 is 0 Å². The van der Waals surface area contributed by atoms with Crippen LogP contribution < -0.4 is 5.32 Å². The van der Waals surface area contributed by atoms with Gasteiger partial charge in [0.2, 0.25) is 0 Å². The van der Waals surface area contributed by atoms with Crippen LogP contribution in [0.25, 0.3) is 0 Å². The number of morpholine rings is 1. The molecule has 4 heteroatoms. The Morgan fingerprint density at radius 1 is 1.69 bits per heavy atom. The largest absolute Gasteiger partial charge is 0.369 e. The number of rotatable bonds is 3. The molecule has 2 rings (SSSR count). The molecule has 16 heavy (non-hydrogen) atoms. The molecule has 0 bridgehead atoms. The maximum Gasteiger partial charge on any atom is 0.111 e. The molecule has 0 spiro atoms. The summed E-state index contributed by atoms with van der Waals surface area (Å²) < 4.78 is 7.84. The van der Waals surface area contributed by atoms with Gasteiger partial charge in [0.25, 0.3) is 0 Å². The van der Waals surface area contributed by atoms with Crippen molar-refractivity contribution in [2.45, 2.75) is 26.0 Å². The molecule has 1 atom stereocenters. The average molecular weight is 219 g/mol. The van der Waals surface area contributed by atoms with Crippen LogP contribution in [-0.4, -0.2) is 29.2 Å². The second-order valence-electron chi connectivity index (χ2n) is 3.75. The van der Waals surface area contributed by atoms with Gasteiger partial charge in [0.1, 0.15) is 6.10 Å². The van der Waals surface area contributed by atoms with E-state index in [9.17, 15) is 0 Å². The van der Waals surface area contributed by atoms with E-state index in [0.29, 0.717) is 0 Å². The van der Waals surface area contributed by atoms with E-state index < -0.39 is 0 Å². The first-order chi connectivity index (χ1) is 7.92. The highest BCUT2D eigenvalue weighted by Gasteiger charge is 2.18. The number of aryl methyl sites for hydroxylation is 1. The third-order valence-electron chi connectivity index (χ3n) is 2.66. The van der Waals surface area contributed by atoms with E-state index in [4.69, 9.17) is 4.74 Å². The Morgan fingerprint density at radius 2 is 2.62 bits per heavy atom. The Hall–Kier alpha value is -1.31. The van der Waals surface area contributed by atoms with Crippen molar-refractivity contribution < 1.29 is 4.74 Å². The Labute approximate surface area is 96.0 Å². The Kier molecular flexibility index (Phi) is 3.97. The number of nitrogens with zero attached hydrogens (tertiary/aromatic N) is 2. The van der Waals surface area contributed by atoms with Crippen LogP contribution >= 0.6 is 0 Å². The van der Waals surface area contributed by atoms with Gasteiger partial charge >= 0.3 is 0 Å². The predicted molar refractivity (Wildman–Crippen MR) is 61.9 cm³/mol. The van der Waals surface area contributed by atoms with Crippen molar-refractivity contribution in [3.05, 3.63) is 18.2 Å². The molecular weight excluding hydrogens is 202 g/mol. The molecule has 0 aliphatic carbocycles. The molecule has 4 nitrogen and oxygen atoms in total. The van der Waals surface area contributed by atoms with Gasteiger partial charge in [0.15, 0.2) is 0 Å². The van der Waals surface area contributed by atoms with Crippen LogP contribution in [0.5, 0.6) is 0 Å². The smallest absolute Gasteiger partial charge is 0.111 e. The summed E-state index contributed by atoms with van der Waals surface area (Å²) >= 11 is 0. The van der Waals surface area contributed by atoms with Gasteiger partial charge in [-0.05, 0) is 6.92 Å². The van der Waals surface area contributed by atoms with E-state index in [1.807, 2.05) is 19.4 Å². The summed E-state index contributed by atoms with van der Waals surface area (Å²) in [5.41, 5.74) is 1.14. The van der Waals surface area contributed by atoms with Gasteiger partial charge in [-0.2, -0.15) is 0 Å². The monoisotopic (exact) mass is 219 g/mol. The summed E-state index contributed by atoms with van der Waals surface area (Å²) in [6.45, 7) is 5.32. The Bertz CT molecular complexity index is 382. The summed E-state index contributed by atoms with van der Waals surface area (Å²) in [6, 6.07) is 0. The number of hydrogen-bond donors (Lipinski definition) is 1. The third-order valence-corrected chi connectivity index (χ3v) is 2.66. The first kappa shape index (κ1) is 11.2. The van der Waals surface area contributed by atoms with Crippen molar-refractivity contribution in [1.82, 2.24) is 14.9 Å². The van der Waals surface area contributed by atoms with Crippen LogP contribution in [0.2, 0.25) is 0 Å². The zero-order valence-electron chi connectivity index (χ0n) is 9.57. The van der Waals surface area contributed by atoms with Gasteiger partial charge in [-0.3, -0.25) is 0 Å². The minimum atomic E-state index is 0.130. The van der Waals surface area contributed by atoms with E-state index in [-0.39, 0.29) is 6.10 Å². The van der Waals surface area contributed by atoms with Gasteiger partial charge in [0, 0.05) is 26.1 Å². The summed E-state index contributed by atoms with van der Waals surface area (Å²) in [5, 5.41) is 3.32. The van der Waals surface area contributed by atoms with Crippen molar-refractivity contribution in [2.24, 2.45) is 0 Å². The number of nitrogens with one attached hydrogen (secondary N) is 1. The zero-order chi connectivity index (χ0) is 11.2. The van der Waals surface area contributed by atoms with Crippen LogP contribution in [0, 0.1) is 11.8 Å². The molecule has 1 aromatic rings. The third kappa shape index (κ3) is 2.63. The van der Waals surface area contributed by atoms with Gasteiger partial charge < -0.3 is 14.6 Å². The lowest BCUT2D eigenvalue weighted by atomic mass is 10.2. The van der Waals surface area contributed by atoms with Crippen LogP contribution in [0.15, 0.2) is 12.5 Å². The Balaban J connectivity index is 2.01. The van der Waals surface area contributed by atoms with Gasteiger partial charge in [-0.15, -0.1) is 11.8 Å². The lowest BCUT2D eigenvalue weighted by Gasteiger charge is -2.24. The molecule has 1 saturated heterocycles. The van der Waals surface area contributed by atoms with Crippen molar-refractivity contribution in [3.8, 4) is 11.8 Å². The van der Waals surface area contributed by atoms with Gasteiger partial charge in [-0.1, -0.05) is 0 Å². The normalized spacial score (nSPS) is 20.2. The lowest BCUT2D eigenvalue weighted by Crippen LogP contribution is -2.34. The highest BCUT2D eigenvalue weighted by Crippen LogP contribution is 2.18. The molecule has 1 aliphatic rings. The highest BCUT2D eigenvalue weighted by atomic mass is 16.5. The SMILES string of the molecule is CC#CCCn1cncc1C1CNCCO1. The van der Waals surface area contributed by atoms with Crippen molar-refractivity contribution in [3.63, 3.8) is 0 Å². The number of hydrogen-bond acceptors (Lipinski definition) is 3. The van der Waals surface area contributed by atoms with Crippen LogP contribution in [0.4, 0.5) is 0 Å². The van der Waals surface area contributed by atoms with Crippen molar-refractivity contribution >= 4 is 0 Å². The maximum atomic E-state index is 5.71. The zero-order valence-corrected chi connectivity index (χ0v) is 9.57. The Morgan fingerprint density at radius 3 is 3.38 bits per heavy atom. The molecule has 0 radical (unpaired) electrons. The van der Waals surface area contributed by atoms with Crippen molar-refractivity contribution in [1.29, 1.82) is 0 Å². The molecule has 86 valence electrons. The molecule has 2 heterocycles. The molecule has 0 aromatic carbocycles. The standard InChI is InChI=1S/C12H17N3O/c1-2-3-4-6-15-10-14-8-11(15)12-9-13-5-7-16-12/h8,10,12-13H,4-7,9H2,1H3. The van der Waals surface area contributed by atoms with Gasteiger partial charge in [0.05, 0.1) is 24.8 Å². The summed E-state index contributed by atoms with van der Waals surface area (Å²) in [6.07, 6.45) is 4.73. The van der Waals surface area contributed by atoms with Crippen molar-refractivity contribution in [2.75, 3.05) is 19.7 Å². The fourth-order valence-electron chi connectivity index (χ4n) is 1.84.